The van der Waals surface area contributed by atoms with Crippen LogP contribution in [-0.4, -0.2) is 18.5 Å². The molecule has 2 rings (SSSR count). The van der Waals surface area contributed by atoms with Crippen molar-refractivity contribution in [2.75, 3.05) is 17.2 Å². The van der Waals surface area contributed by atoms with Crippen molar-refractivity contribution in [3.63, 3.8) is 0 Å². The van der Waals surface area contributed by atoms with E-state index in [0.717, 1.165) is 42.7 Å². The van der Waals surface area contributed by atoms with Gasteiger partial charge in [-0.3, -0.25) is 4.79 Å². The normalized spacial score (nSPS) is 20.3. The Hall–Kier alpha value is -1.71. The van der Waals surface area contributed by atoms with E-state index in [-0.39, 0.29) is 11.9 Å². The number of nitrogens with zero attached hydrogens (tertiary/aromatic N) is 1. The highest BCUT2D eigenvalue weighted by Crippen LogP contribution is 2.32. The van der Waals surface area contributed by atoms with E-state index >= 15 is 0 Å². The fraction of sp³-hybridized carbons (Fsp3) is 0.462. The van der Waals surface area contributed by atoms with Gasteiger partial charge in [-0.05, 0) is 37.8 Å². The summed E-state index contributed by atoms with van der Waals surface area (Å²) in [6, 6.07) is 5.59. The molecule has 1 aliphatic rings. The molecule has 1 fully saturated rings. The average Bonchev–Trinajstić information content (AvgIpc) is 2.29. The fourth-order valence-electron chi connectivity index (χ4n) is 2.57. The van der Waals surface area contributed by atoms with Crippen molar-refractivity contribution in [2.45, 2.75) is 32.2 Å². The lowest BCUT2D eigenvalue weighted by Crippen LogP contribution is -2.48. The van der Waals surface area contributed by atoms with E-state index in [4.69, 9.17) is 11.5 Å². The first-order valence-corrected chi connectivity index (χ1v) is 6.02. The van der Waals surface area contributed by atoms with Crippen molar-refractivity contribution < 1.29 is 4.79 Å². The molecule has 0 spiro atoms. The molecule has 1 unspecified atom stereocenters. The Morgan fingerprint density at radius 2 is 2.18 bits per heavy atom. The monoisotopic (exact) mass is 233 g/mol. The Morgan fingerprint density at radius 1 is 1.41 bits per heavy atom. The standard InChI is InChI=1S/C13H19N3O/c1-9-5-4-6-10(14)12(9)16-8-3-2-7-11(16)13(15)17/h4-6,11H,2-3,7-8,14H2,1H3,(H2,15,17). The molecule has 1 aromatic carbocycles. The number of nitrogens with two attached hydrogens (primary N) is 2. The first-order valence-electron chi connectivity index (χ1n) is 6.02. The number of carbonyl (C=O) groups is 1. The number of benzene rings is 1. The van der Waals surface area contributed by atoms with Crippen LogP contribution in [-0.2, 0) is 4.79 Å². The second-order valence-electron chi connectivity index (χ2n) is 4.62. The maximum Gasteiger partial charge on any atom is 0.240 e. The SMILES string of the molecule is Cc1cccc(N)c1N1CCCCC1C(N)=O. The maximum atomic E-state index is 11.5. The molecule has 17 heavy (non-hydrogen) atoms. The Labute approximate surface area is 102 Å². The van der Waals surface area contributed by atoms with Crippen LogP contribution >= 0.6 is 0 Å². The molecule has 0 radical (unpaired) electrons. The van der Waals surface area contributed by atoms with Gasteiger partial charge >= 0.3 is 0 Å². The minimum absolute atomic E-state index is 0.216. The molecule has 0 aromatic heterocycles. The van der Waals surface area contributed by atoms with E-state index < -0.39 is 0 Å². The van der Waals surface area contributed by atoms with E-state index in [1.807, 2.05) is 25.1 Å². The van der Waals surface area contributed by atoms with Crippen molar-refractivity contribution in [3.8, 4) is 0 Å². The van der Waals surface area contributed by atoms with Crippen molar-refractivity contribution in [3.05, 3.63) is 23.8 Å². The Balaban J connectivity index is 2.39. The summed E-state index contributed by atoms with van der Waals surface area (Å²) >= 11 is 0. The van der Waals surface area contributed by atoms with Gasteiger partial charge in [0.05, 0.1) is 11.4 Å². The lowest BCUT2D eigenvalue weighted by Gasteiger charge is -2.37. The number of anilines is 2. The summed E-state index contributed by atoms with van der Waals surface area (Å²) < 4.78 is 0. The van der Waals surface area contributed by atoms with Crippen LogP contribution in [0.25, 0.3) is 0 Å². The van der Waals surface area contributed by atoms with Gasteiger partial charge in [-0.2, -0.15) is 0 Å². The number of hydrogen-bond acceptors (Lipinski definition) is 3. The van der Waals surface area contributed by atoms with Crippen molar-refractivity contribution in [2.24, 2.45) is 5.73 Å². The third-order valence-corrected chi connectivity index (χ3v) is 3.39. The van der Waals surface area contributed by atoms with Crippen LogP contribution in [0.5, 0.6) is 0 Å². The third-order valence-electron chi connectivity index (χ3n) is 3.39. The molecule has 1 aliphatic heterocycles. The third kappa shape index (κ3) is 2.20. The summed E-state index contributed by atoms with van der Waals surface area (Å²) in [4.78, 5) is 13.6. The molecule has 0 aliphatic carbocycles. The number of rotatable bonds is 2. The fourth-order valence-corrected chi connectivity index (χ4v) is 2.57. The van der Waals surface area contributed by atoms with Crippen LogP contribution < -0.4 is 16.4 Å². The number of aryl methyl sites for hydroxylation is 1. The van der Waals surface area contributed by atoms with Crippen LogP contribution in [0.3, 0.4) is 0 Å². The molecule has 1 amide bonds. The molecule has 1 heterocycles. The zero-order valence-corrected chi connectivity index (χ0v) is 10.1. The molecular weight excluding hydrogens is 214 g/mol. The number of amides is 1. The summed E-state index contributed by atoms with van der Waals surface area (Å²) in [6.45, 7) is 2.86. The van der Waals surface area contributed by atoms with Crippen molar-refractivity contribution >= 4 is 17.3 Å². The molecule has 1 aromatic rings. The van der Waals surface area contributed by atoms with E-state index in [9.17, 15) is 4.79 Å². The van der Waals surface area contributed by atoms with Gasteiger partial charge in [-0.1, -0.05) is 12.1 Å². The first-order chi connectivity index (χ1) is 8.11. The predicted molar refractivity (Wildman–Crippen MR) is 69.8 cm³/mol. The summed E-state index contributed by atoms with van der Waals surface area (Å²) in [7, 11) is 0. The van der Waals surface area contributed by atoms with Crippen LogP contribution in [0.2, 0.25) is 0 Å². The molecule has 0 saturated carbocycles. The largest absolute Gasteiger partial charge is 0.397 e. The smallest absolute Gasteiger partial charge is 0.240 e. The topological polar surface area (TPSA) is 72.3 Å². The van der Waals surface area contributed by atoms with Gasteiger partial charge in [0, 0.05) is 6.54 Å². The number of hydrogen-bond donors (Lipinski definition) is 2. The zero-order chi connectivity index (χ0) is 12.4. The van der Waals surface area contributed by atoms with E-state index in [1.165, 1.54) is 0 Å². The number of carbonyl (C=O) groups excluding carboxylic acids is 1. The lowest BCUT2D eigenvalue weighted by atomic mass is 9.99. The van der Waals surface area contributed by atoms with Crippen LogP contribution in [0.4, 0.5) is 11.4 Å². The van der Waals surface area contributed by atoms with Gasteiger partial charge in [0.2, 0.25) is 5.91 Å². The first kappa shape index (κ1) is 11.8. The van der Waals surface area contributed by atoms with Gasteiger partial charge < -0.3 is 16.4 Å². The average molecular weight is 233 g/mol. The van der Waals surface area contributed by atoms with Crippen molar-refractivity contribution in [1.82, 2.24) is 0 Å². The molecular formula is C13H19N3O. The Bertz CT molecular complexity index is 410. The summed E-state index contributed by atoms with van der Waals surface area (Å²) in [5.74, 6) is -0.257. The summed E-state index contributed by atoms with van der Waals surface area (Å²) in [5.41, 5.74) is 14.3. The molecule has 4 N–H and O–H groups in total. The number of para-hydroxylation sites is 1. The highest BCUT2D eigenvalue weighted by molar-refractivity contribution is 5.86. The van der Waals surface area contributed by atoms with Crippen LogP contribution in [0, 0.1) is 6.92 Å². The van der Waals surface area contributed by atoms with Gasteiger partial charge in [-0.25, -0.2) is 0 Å². The quantitative estimate of drug-likeness (QED) is 0.759. The predicted octanol–water partition coefficient (Wildman–Crippen LogP) is 1.42. The number of piperidine rings is 1. The van der Waals surface area contributed by atoms with Crippen LogP contribution in [0.1, 0.15) is 24.8 Å². The molecule has 0 bridgehead atoms. The van der Waals surface area contributed by atoms with Gasteiger partial charge in [0.15, 0.2) is 0 Å². The highest BCUT2D eigenvalue weighted by Gasteiger charge is 2.28. The van der Waals surface area contributed by atoms with Crippen molar-refractivity contribution in [1.29, 1.82) is 0 Å². The molecule has 1 atom stereocenters. The van der Waals surface area contributed by atoms with Crippen LogP contribution in [0.15, 0.2) is 18.2 Å². The molecule has 92 valence electrons. The molecule has 4 heteroatoms. The van der Waals surface area contributed by atoms with Gasteiger partial charge in [0.1, 0.15) is 6.04 Å². The Kier molecular flexibility index (Phi) is 3.22. The van der Waals surface area contributed by atoms with Gasteiger partial charge in [-0.15, -0.1) is 0 Å². The Morgan fingerprint density at radius 3 is 2.82 bits per heavy atom. The number of primary amides is 1. The minimum atomic E-state index is -0.257. The zero-order valence-electron chi connectivity index (χ0n) is 10.1. The van der Waals surface area contributed by atoms with E-state index in [0.29, 0.717) is 0 Å². The second-order valence-corrected chi connectivity index (χ2v) is 4.62. The van der Waals surface area contributed by atoms with Gasteiger partial charge in [0.25, 0.3) is 0 Å². The molecule has 1 saturated heterocycles. The number of nitrogen functional groups attached to an aromatic ring is 1. The highest BCUT2D eigenvalue weighted by atomic mass is 16.1. The minimum Gasteiger partial charge on any atom is -0.397 e. The van der Waals surface area contributed by atoms with E-state index in [1.54, 1.807) is 0 Å². The summed E-state index contributed by atoms with van der Waals surface area (Å²) in [6.07, 6.45) is 2.95. The second kappa shape index (κ2) is 4.65. The molecule has 4 nitrogen and oxygen atoms in total. The lowest BCUT2D eigenvalue weighted by molar-refractivity contribution is -0.119. The summed E-state index contributed by atoms with van der Waals surface area (Å²) in [5, 5.41) is 0. The maximum absolute atomic E-state index is 11.5. The van der Waals surface area contributed by atoms with E-state index in [2.05, 4.69) is 4.90 Å².